The van der Waals surface area contributed by atoms with Crippen LogP contribution in [0.1, 0.15) is 43.9 Å². The Balaban J connectivity index is 2.73. The van der Waals surface area contributed by atoms with E-state index < -0.39 is 0 Å². The fourth-order valence-corrected chi connectivity index (χ4v) is 1.84. The Labute approximate surface area is 117 Å². The highest BCUT2D eigenvalue weighted by Crippen LogP contribution is 2.11. The van der Waals surface area contributed by atoms with Gasteiger partial charge < -0.3 is 10.6 Å². The van der Waals surface area contributed by atoms with Crippen LogP contribution in [0.2, 0.25) is 0 Å². The number of benzene rings is 1. The molecular formula is C16H27N3. The van der Waals surface area contributed by atoms with Gasteiger partial charge in [0.1, 0.15) is 0 Å². The van der Waals surface area contributed by atoms with E-state index in [1.165, 1.54) is 16.7 Å². The zero-order chi connectivity index (χ0) is 14.3. The van der Waals surface area contributed by atoms with Gasteiger partial charge in [-0.05, 0) is 45.2 Å². The quantitative estimate of drug-likeness (QED) is 0.631. The molecule has 0 fully saturated rings. The summed E-state index contributed by atoms with van der Waals surface area (Å²) in [6.07, 6.45) is 1.09. The van der Waals surface area contributed by atoms with Crippen molar-refractivity contribution in [3.63, 3.8) is 0 Å². The summed E-state index contributed by atoms with van der Waals surface area (Å²) >= 11 is 0. The summed E-state index contributed by atoms with van der Waals surface area (Å²) in [5, 5.41) is 6.70. The maximum atomic E-state index is 4.66. The van der Waals surface area contributed by atoms with Crippen LogP contribution < -0.4 is 10.6 Å². The minimum Gasteiger partial charge on any atom is -0.357 e. The zero-order valence-electron chi connectivity index (χ0n) is 12.9. The molecule has 1 rings (SSSR count). The third-order valence-electron chi connectivity index (χ3n) is 3.25. The minimum absolute atomic E-state index is 0.442. The third-order valence-corrected chi connectivity index (χ3v) is 3.25. The molecule has 0 heterocycles. The number of guanidine groups is 1. The molecule has 0 radical (unpaired) electrons. The van der Waals surface area contributed by atoms with Crippen molar-refractivity contribution >= 4 is 5.96 Å². The van der Waals surface area contributed by atoms with Gasteiger partial charge in [-0.3, -0.25) is 0 Å². The van der Waals surface area contributed by atoms with E-state index in [1.807, 2.05) is 0 Å². The van der Waals surface area contributed by atoms with Crippen LogP contribution in [-0.2, 0) is 6.54 Å². The standard InChI is InChI=1S/C16H27N3/c1-6-14(5)19-16(17-7-2)18-11-15-9-8-12(3)10-13(15)4/h8-10,14H,6-7,11H2,1-5H3,(H2,17,18,19). The van der Waals surface area contributed by atoms with E-state index in [0.717, 1.165) is 25.5 Å². The maximum Gasteiger partial charge on any atom is 0.191 e. The Hall–Kier alpha value is -1.51. The van der Waals surface area contributed by atoms with Gasteiger partial charge in [0.15, 0.2) is 5.96 Å². The molecule has 0 saturated heterocycles. The molecule has 19 heavy (non-hydrogen) atoms. The molecule has 0 aliphatic rings. The molecule has 1 atom stereocenters. The molecule has 3 heteroatoms. The molecule has 0 aliphatic heterocycles. The van der Waals surface area contributed by atoms with Crippen LogP contribution in [0, 0.1) is 13.8 Å². The number of aliphatic imine (C=N–C) groups is 1. The van der Waals surface area contributed by atoms with Crippen molar-refractivity contribution in [2.45, 2.75) is 53.6 Å². The Kier molecular flexibility index (Phi) is 6.40. The lowest BCUT2D eigenvalue weighted by molar-refractivity contribution is 0.624. The fraction of sp³-hybridized carbons (Fsp3) is 0.562. The Morgan fingerprint density at radius 1 is 1.26 bits per heavy atom. The number of hydrogen-bond donors (Lipinski definition) is 2. The van der Waals surface area contributed by atoms with Crippen molar-refractivity contribution in [1.82, 2.24) is 10.6 Å². The molecule has 3 nitrogen and oxygen atoms in total. The number of rotatable bonds is 5. The summed E-state index contributed by atoms with van der Waals surface area (Å²) in [6, 6.07) is 6.96. The van der Waals surface area contributed by atoms with Crippen molar-refractivity contribution in [2.75, 3.05) is 6.54 Å². The molecule has 1 aromatic carbocycles. The summed E-state index contributed by atoms with van der Waals surface area (Å²) in [7, 11) is 0. The molecule has 106 valence electrons. The van der Waals surface area contributed by atoms with E-state index in [4.69, 9.17) is 0 Å². The first kappa shape index (κ1) is 15.5. The largest absolute Gasteiger partial charge is 0.357 e. The first-order valence-electron chi connectivity index (χ1n) is 7.17. The van der Waals surface area contributed by atoms with Gasteiger partial charge in [-0.25, -0.2) is 4.99 Å². The van der Waals surface area contributed by atoms with Crippen LogP contribution in [-0.4, -0.2) is 18.5 Å². The van der Waals surface area contributed by atoms with E-state index in [9.17, 15) is 0 Å². The summed E-state index contributed by atoms with van der Waals surface area (Å²) in [6.45, 7) is 12.3. The second kappa shape index (κ2) is 7.82. The van der Waals surface area contributed by atoms with E-state index in [-0.39, 0.29) is 0 Å². The van der Waals surface area contributed by atoms with Crippen LogP contribution in [0.3, 0.4) is 0 Å². The van der Waals surface area contributed by atoms with Gasteiger partial charge in [0.05, 0.1) is 6.54 Å². The topological polar surface area (TPSA) is 36.4 Å². The molecule has 0 amide bonds. The predicted octanol–water partition coefficient (Wildman–Crippen LogP) is 3.16. The number of nitrogens with one attached hydrogen (secondary N) is 2. The van der Waals surface area contributed by atoms with Gasteiger partial charge in [-0.1, -0.05) is 30.7 Å². The zero-order valence-corrected chi connectivity index (χ0v) is 12.9. The molecule has 1 unspecified atom stereocenters. The van der Waals surface area contributed by atoms with Gasteiger partial charge in [0.2, 0.25) is 0 Å². The monoisotopic (exact) mass is 261 g/mol. The lowest BCUT2D eigenvalue weighted by Crippen LogP contribution is -2.41. The molecule has 0 aliphatic carbocycles. The van der Waals surface area contributed by atoms with Gasteiger partial charge >= 0.3 is 0 Å². The van der Waals surface area contributed by atoms with Crippen molar-refractivity contribution in [2.24, 2.45) is 4.99 Å². The van der Waals surface area contributed by atoms with Crippen LogP contribution >= 0.6 is 0 Å². The van der Waals surface area contributed by atoms with Crippen LogP contribution in [0.5, 0.6) is 0 Å². The SMILES string of the molecule is CCNC(=NCc1ccc(C)cc1C)NC(C)CC. The maximum absolute atomic E-state index is 4.66. The number of hydrogen-bond acceptors (Lipinski definition) is 1. The van der Waals surface area contributed by atoms with E-state index in [0.29, 0.717) is 6.04 Å². The molecule has 0 spiro atoms. The number of aryl methyl sites for hydroxylation is 2. The van der Waals surface area contributed by atoms with Gasteiger partial charge in [-0.15, -0.1) is 0 Å². The van der Waals surface area contributed by atoms with Crippen LogP contribution in [0.4, 0.5) is 0 Å². The second-order valence-electron chi connectivity index (χ2n) is 5.08. The lowest BCUT2D eigenvalue weighted by Gasteiger charge is -2.16. The second-order valence-corrected chi connectivity index (χ2v) is 5.08. The molecule has 0 aromatic heterocycles. The van der Waals surface area contributed by atoms with Crippen LogP contribution in [0.25, 0.3) is 0 Å². The molecule has 2 N–H and O–H groups in total. The Bertz CT molecular complexity index is 424. The van der Waals surface area contributed by atoms with Gasteiger partial charge in [0, 0.05) is 12.6 Å². The van der Waals surface area contributed by atoms with Gasteiger partial charge in [0.25, 0.3) is 0 Å². The van der Waals surface area contributed by atoms with Crippen molar-refractivity contribution in [3.05, 3.63) is 34.9 Å². The average molecular weight is 261 g/mol. The molecule has 0 bridgehead atoms. The average Bonchev–Trinajstić information content (AvgIpc) is 2.37. The fourth-order valence-electron chi connectivity index (χ4n) is 1.84. The Morgan fingerprint density at radius 2 is 2.00 bits per heavy atom. The molecular weight excluding hydrogens is 234 g/mol. The van der Waals surface area contributed by atoms with Crippen LogP contribution in [0.15, 0.2) is 23.2 Å². The summed E-state index contributed by atoms with van der Waals surface area (Å²) in [5.41, 5.74) is 3.89. The Morgan fingerprint density at radius 3 is 2.58 bits per heavy atom. The number of nitrogens with zero attached hydrogens (tertiary/aromatic N) is 1. The first-order chi connectivity index (χ1) is 9.06. The lowest BCUT2D eigenvalue weighted by atomic mass is 10.1. The molecule has 0 saturated carbocycles. The van der Waals surface area contributed by atoms with Crippen molar-refractivity contribution in [1.29, 1.82) is 0 Å². The third kappa shape index (κ3) is 5.33. The summed E-state index contributed by atoms with van der Waals surface area (Å²) in [5.74, 6) is 0.900. The normalized spacial score (nSPS) is 13.2. The molecule has 1 aromatic rings. The summed E-state index contributed by atoms with van der Waals surface area (Å²) in [4.78, 5) is 4.66. The van der Waals surface area contributed by atoms with Crippen molar-refractivity contribution < 1.29 is 0 Å². The van der Waals surface area contributed by atoms with E-state index in [1.54, 1.807) is 0 Å². The van der Waals surface area contributed by atoms with Gasteiger partial charge in [-0.2, -0.15) is 0 Å². The first-order valence-corrected chi connectivity index (χ1v) is 7.17. The minimum atomic E-state index is 0.442. The smallest absolute Gasteiger partial charge is 0.191 e. The summed E-state index contributed by atoms with van der Waals surface area (Å²) < 4.78 is 0. The van der Waals surface area contributed by atoms with Crippen molar-refractivity contribution in [3.8, 4) is 0 Å². The van der Waals surface area contributed by atoms with E-state index in [2.05, 4.69) is 68.4 Å². The predicted molar refractivity (Wildman–Crippen MR) is 83.6 cm³/mol. The highest BCUT2D eigenvalue weighted by Gasteiger charge is 2.03. The highest BCUT2D eigenvalue weighted by atomic mass is 15.2. The van der Waals surface area contributed by atoms with E-state index >= 15 is 0 Å². The highest BCUT2D eigenvalue weighted by molar-refractivity contribution is 5.80.